The summed E-state index contributed by atoms with van der Waals surface area (Å²) < 4.78 is 0. The summed E-state index contributed by atoms with van der Waals surface area (Å²) in [7, 11) is 0. The molecule has 0 aromatic carbocycles. The summed E-state index contributed by atoms with van der Waals surface area (Å²) in [5, 5.41) is 5.32. The van der Waals surface area contributed by atoms with Gasteiger partial charge in [0.2, 0.25) is 5.91 Å². The van der Waals surface area contributed by atoms with Crippen molar-refractivity contribution in [2.45, 2.75) is 12.8 Å². The molecule has 0 radical (unpaired) electrons. The predicted molar refractivity (Wildman–Crippen MR) is 81.2 cm³/mol. The first-order valence-corrected chi connectivity index (χ1v) is 7.10. The molecule has 2 N–H and O–H groups in total. The molecule has 2 rings (SSSR count). The van der Waals surface area contributed by atoms with Crippen LogP contribution in [0, 0.1) is 0 Å². The van der Waals surface area contributed by atoms with Gasteiger partial charge >= 0.3 is 0 Å². The van der Waals surface area contributed by atoms with Crippen molar-refractivity contribution < 1.29 is 9.59 Å². The third-order valence-electron chi connectivity index (χ3n) is 3.34. The Bertz CT molecular complexity index is 524. The highest BCUT2D eigenvalue weighted by atomic mass is 16.2. The van der Waals surface area contributed by atoms with Gasteiger partial charge in [0.1, 0.15) is 5.69 Å². The van der Waals surface area contributed by atoms with Crippen LogP contribution in [-0.2, 0) is 4.79 Å². The standard InChI is InChI=1S/C15H20N4O2/c1-2-14(20)17-7-8-18-15(21)13-11-12(5-6-16-13)19-9-3-4-10-19/h2,5-6,11H,1,3-4,7-10H2,(H,17,20)(H,18,21). The Kier molecular flexibility index (Phi) is 5.31. The van der Waals surface area contributed by atoms with E-state index < -0.39 is 0 Å². The molecule has 1 fully saturated rings. The monoisotopic (exact) mass is 288 g/mol. The van der Waals surface area contributed by atoms with Gasteiger partial charge in [0.15, 0.2) is 0 Å². The molecule has 6 nitrogen and oxygen atoms in total. The average Bonchev–Trinajstić information content (AvgIpc) is 3.05. The van der Waals surface area contributed by atoms with Gasteiger partial charge in [-0.3, -0.25) is 14.6 Å². The molecule has 2 amide bonds. The molecule has 21 heavy (non-hydrogen) atoms. The van der Waals surface area contributed by atoms with Gasteiger partial charge in [-0.15, -0.1) is 0 Å². The van der Waals surface area contributed by atoms with E-state index in [9.17, 15) is 9.59 Å². The van der Waals surface area contributed by atoms with E-state index in [1.54, 1.807) is 6.20 Å². The first kappa shape index (κ1) is 15.0. The molecule has 0 aliphatic carbocycles. The highest BCUT2D eigenvalue weighted by molar-refractivity contribution is 5.93. The first-order chi connectivity index (χ1) is 10.2. The Morgan fingerprint density at radius 1 is 1.29 bits per heavy atom. The van der Waals surface area contributed by atoms with Crippen molar-refractivity contribution in [1.29, 1.82) is 0 Å². The maximum atomic E-state index is 12.0. The van der Waals surface area contributed by atoms with E-state index in [0.29, 0.717) is 18.8 Å². The van der Waals surface area contributed by atoms with Gasteiger partial charge < -0.3 is 15.5 Å². The lowest BCUT2D eigenvalue weighted by Gasteiger charge is -2.17. The third kappa shape index (κ3) is 4.30. The zero-order valence-electron chi connectivity index (χ0n) is 12.0. The second-order valence-corrected chi connectivity index (χ2v) is 4.84. The van der Waals surface area contributed by atoms with Crippen LogP contribution in [-0.4, -0.2) is 43.0 Å². The molecule has 0 spiro atoms. The van der Waals surface area contributed by atoms with Gasteiger partial charge in [-0.25, -0.2) is 0 Å². The van der Waals surface area contributed by atoms with Crippen molar-refractivity contribution in [2.75, 3.05) is 31.1 Å². The minimum Gasteiger partial charge on any atom is -0.371 e. The second kappa shape index (κ2) is 7.42. The van der Waals surface area contributed by atoms with Crippen molar-refractivity contribution in [3.05, 3.63) is 36.7 Å². The molecule has 0 unspecified atom stereocenters. The second-order valence-electron chi connectivity index (χ2n) is 4.84. The molecular formula is C15H20N4O2. The van der Waals surface area contributed by atoms with Crippen molar-refractivity contribution in [2.24, 2.45) is 0 Å². The molecule has 1 aromatic rings. The minimum atomic E-state index is -0.251. The highest BCUT2D eigenvalue weighted by Gasteiger charge is 2.14. The zero-order valence-corrected chi connectivity index (χ0v) is 12.0. The quantitative estimate of drug-likeness (QED) is 0.597. The zero-order chi connectivity index (χ0) is 15.1. The lowest BCUT2D eigenvalue weighted by atomic mass is 10.3. The van der Waals surface area contributed by atoms with Gasteiger partial charge in [0, 0.05) is 38.1 Å². The number of carbonyl (C=O) groups excluding carboxylic acids is 2. The summed E-state index contributed by atoms with van der Waals surface area (Å²) in [4.78, 5) is 29.3. The lowest BCUT2D eigenvalue weighted by Crippen LogP contribution is -2.34. The summed E-state index contributed by atoms with van der Waals surface area (Å²) in [5.74, 6) is -0.484. The first-order valence-electron chi connectivity index (χ1n) is 7.10. The van der Waals surface area contributed by atoms with Gasteiger partial charge in [-0.2, -0.15) is 0 Å². The van der Waals surface area contributed by atoms with Crippen LogP contribution in [0.2, 0.25) is 0 Å². The molecule has 0 saturated carbocycles. The number of rotatable bonds is 6. The van der Waals surface area contributed by atoms with Gasteiger partial charge in [0.25, 0.3) is 5.91 Å². The number of aromatic nitrogens is 1. The number of hydrogen-bond donors (Lipinski definition) is 2. The molecule has 112 valence electrons. The molecule has 1 aliphatic heterocycles. The summed E-state index contributed by atoms with van der Waals surface area (Å²) in [5.41, 5.74) is 1.43. The van der Waals surface area contributed by atoms with E-state index in [1.165, 1.54) is 18.9 Å². The van der Waals surface area contributed by atoms with Crippen LogP contribution in [0.3, 0.4) is 0 Å². The molecule has 0 atom stereocenters. The van der Waals surface area contributed by atoms with Crippen molar-refractivity contribution in [3.8, 4) is 0 Å². The summed E-state index contributed by atoms with van der Waals surface area (Å²) in [6, 6.07) is 3.73. The van der Waals surface area contributed by atoms with E-state index in [-0.39, 0.29) is 11.8 Å². The summed E-state index contributed by atoms with van der Waals surface area (Å²) in [6.45, 7) is 6.13. The Morgan fingerprint density at radius 3 is 2.71 bits per heavy atom. The van der Waals surface area contributed by atoms with Crippen LogP contribution in [0.4, 0.5) is 5.69 Å². The van der Waals surface area contributed by atoms with E-state index in [0.717, 1.165) is 18.8 Å². The Hall–Kier alpha value is -2.37. The number of nitrogens with zero attached hydrogens (tertiary/aromatic N) is 2. The maximum Gasteiger partial charge on any atom is 0.270 e. The van der Waals surface area contributed by atoms with Gasteiger partial charge in [-0.05, 0) is 31.1 Å². The van der Waals surface area contributed by atoms with Crippen molar-refractivity contribution in [3.63, 3.8) is 0 Å². The van der Waals surface area contributed by atoms with Gasteiger partial charge in [-0.1, -0.05) is 6.58 Å². The van der Waals surface area contributed by atoms with E-state index >= 15 is 0 Å². The Balaban J connectivity index is 1.85. The number of hydrogen-bond acceptors (Lipinski definition) is 4. The normalized spacial score (nSPS) is 13.8. The molecule has 0 bridgehead atoms. The molecule has 6 heteroatoms. The van der Waals surface area contributed by atoms with Crippen molar-refractivity contribution >= 4 is 17.5 Å². The predicted octanol–water partition coefficient (Wildman–Crippen LogP) is 0.714. The van der Waals surface area contributed by atoms with Crippen LogP contribution in [0.25, 0.3) is 0 Å². The number of pyridine rings is 1. The lowest BCUT2D eigenvalue weighted by molar-refractivity contribution is -0.116. The van der Waals surface area contributed by atoms with E-state index in [4.69, 9.17) is 0 Å². The third-order valence-corrected chi connectivity index (χ3v) is 3.34. The molecule has 2 heterocycles. The topological polar surface area (TPSA) is 74.3 Å². The fourth-order valence-corrected chi connectivity index (χ4v) is 2.24. The fourth-order valence-electron chi connectivity index (χ4n) is 2.24. The van der Waals surface area contributed by atoms with Gasteiger partial charge in [0.05, 0.1) is 0 Å². The van der Waals surface area contributed by atoms with Crippen LogP contribution in [0.1, 0.15) is 23.3 Å². The molecule has 1 aromatic heterocycles. The molecular weight excluding hydrogens is 268 g/mol. The number of carbonyl (C=O) groups is 2. The number of anilines is 1. The van der Waals surface area contributed by atoms with Crippen LogP contribution >= 0.6 is 0 Å². The largest absolute Gasteiger partial charge is 0.371 e. The number of amides is 2. The van der Waals surface area contributed by atoms with E-state index in [1.807, 2.05) is 12.1 Å². The Labute approximate surface area is 124 Å². The van der Waals surface area contributed by atoms with Crippen molar-refractivity contribution in [1.82, 2.24) is 15.6 Å². The minimum absolute atomic E-state index is 0.233. The average molecular weight is 288 g/mol. The van der Waals surface area contributed by atoms with Crippen LogP contribution < -0.4 is 15.5 Å². The summed E-state index contributed by atoms with van der Waals surface area (Å²) in [6.07, 6.45) is 5.23. The SMILES string of the molecule is C=CC(=O)NCCNC(=O)c1cc(N2CCCC2)ccn1. The van der Waals surface area contributed by atoms with E-state index in [2.05, 4.69) is 27.1 Å². The fraction of sp³-hybridized carbons (Fsp3) is 0.400. The highest BCUT2D eigenvalue weighted by Crippen LogP contribution is 2.19. The molecule has 1 saturated heterocycles. The number of nitrogens with one attached hydrogen (secondary N) is 2. The van der Waals surface area contributed by atoms with Crippen LogP contribution in [0.5, 0.6) is 0 Å². The Morgan fingerprint density at radius 2 is 2.00 bits per heavy atom. The maximum absolute atomic E-state index is 12.0. The smallest absolute Gasteiger partial charge is 0.270 e. The summed E-state index contributed by atoms with van der Waals surface area (Å²) >= 11 is 0. The van der Waals surface area contributed by atoms with Crippen LogP contribution in [0.15, 0.2) is 31.0 Å². The molecule has 1 aliphatic rings.